The average Bonchev–Trinajstić information content (AvgIpc) is 3.13. The molecule has 3 aromatic rings. The van der Waals surface area contributed by atoms with Crippen molar-refractivity contribution in [3.63, 3.8) is 0 Å². The summed E-state index contributed by atoms with van der Waals surface area (Å²) in [7, 11) is 0. The molecular weight excluding hydrogens is 340 g/mol. The van der Waals surface area contributed by atoms with Gasteiger partial charge in [0.15, 0.2) is 0 Å². The smallest absolute Gasteiger partial charge is 0.262 e. The number of nitrogens with one attached hydrogen (secondary N) is 1. The SMILES string of the molecule is CCC(C)NC(=O)/C(C#N)=C/c1cc(-c2cccc3ccccc23)cs1. The predicted molar refractivity (Wildman–Crippen MR) is 109 cm³/mol. The lowest BCUT2D eigenvalue weighted by Gasteiger charge is -2.10. The molecule has 4 heteroatoms. The van der Waals surface area contributed by atoms with Crippen LogP contribution in [0.3, 0.4) is 0 Å². The number of thiophene rings is 1. The molecule has 1 aromatic heterocycles. The Bertz CT molecular complexity index is 1000. The average molecular weight is 360 g/mol. The summed E-state index contributed by atoms with van der Waals surface area (Å²) >= 11 is 1.53. The zero-order valence-electron chi connectivity index (χ0n) is 14.8. The van der Waals surface area contributed by atoms with E-state index < -0.39 is 0 Å². The Morgan fingerprint density at radius 3 is 2.81 bits per heavy atom. The van der Waals surface area contributed by atoms with Crippen LogP contribution in [0, 0.1) is 11.3 Å². The third-order valence-corrected chi connectivity index (χ3v) is 5.24. The van der Waals surface area contributed by atoms with Gasteiger partial charge >= 0.3 is 0 Å². The molecule has 1 atom stereocenters. The van der Waals surface area contributed by atoms with E-state index in [2.05, 4.69) is 35.0 Å². The van der Waals surface area contributed by atoms with E-state index in [1.807, 2.05) is 44.2 Å². The van der Waals surface area contributed by atoms with Gasteiger partial charge in [0.05, 0.1) is 0 Å². The van der Waals surface area contributed by atoms with Gasteiger partial charge in [0.25, 0.3) is 5.91 Å². The van der Waals surface area contributed by atoms with Gasteiger partial charge in [-0.15, -0.1) is 11.3 Å². The van der Waals surface area contributed by atoms with E-state index in [4.69, 9.17) is 0 Å². The minimum Gasteiger partial charge on any atom is -0.349 e. The highest BCUT2D eigenvalue weighted by Gasteiger charge is 2.12. The molecule has 0 aliphatic carbocycles. The standard InChI is InChI=1S/C22H20N2OS/c1-3-15(2)24-22(25)17(13-23)11-19-12-18(14-26-19)21-10-6-8-16-7-4-5-9-20(16)21/h4-12,14-15H,3H2,1-2H3,(H,24,25)/b17-11+. The maximum atomic E-state index is 12.2. The number of hydrogen-bond donors (Lipinski definition) is 1. The molecule has 130 valence electrons. The molecule has 3 rings (SSSR count). The van der Waals surface area contributed by atoms with Gasteiger partial charge in [-0.3, -0.25) is 4.79 Å². The number of nitriles is 1. The van der Waals surface area contributed by atoms with E-state index in [0.29, 0.717) is 0 Å². The van der Waals surface area contributed by atoms with Crippen LogP contribution in [0.1, 0.15) is 25.1 Å². The van der Waals surface area contributed by atoms with Crippen LogP contribution >= 0.6 is 11.3 Å². The summed E-state index contributed by atoms with van der Waals surface area (Å²) in [6.07, 6.45) is 2.49. The van der Waals surface area contributed by atoms with Crippen LogP contribution < -0.4 is 5.32 Å². The Morgan fingerprint density at radius 2 is 2.04 bits per heavy atom. The lowest BCUT2D eigenvalue weighted by atomic mass is 10.00. The predicted octanol–water partition coefficient (Wildman–Crippen LogP) is 5.39. The second-order valence-corrected chi connectivity index (χ2v) is 7.16. The van der Waals surface area contributed by atoms with Crippen molar-refractivity contribution in [1.82, 2.24) is 5.32 Å². The fraction of sp³-hybridized carbons (Fsp3) is 0.182. The van der Waals surface area contributed by atoms with E-state index in [0.717, 1.165) is 22.4 Å². The fourth-order valence-electron chi connectivity index (χ4n) is 2.74. The van der Waals surface area contributed by atoms with E-state index in [1.54, 1.807) is 6.08 Å². The molecular formula is C22H20N2OS. The second-order valence-electron chi connectivity index (χ2n) is 6.22. The summed E-state index contributed by atoms with van der Waals surface area (Å²) in [5.74, 6) is -0.318. The maximum absolute atomic E-state index is 12.2. The Hall–Kier alpha value is -2.90. The summed E-state index contributed by atoms with van der Waals surface area (Å²) in [4.78, 5) is 13.1. The zero-order chi connectivity index (χ0) is 18.5. The van der Waals surface area contributed by atoms with E-state index in [9.17, 15) is 10.1 Å². The minimum absolute atomic E-state index is 0.0498. The van der Waals surface area contributed by atoms with Gasteiger partial charge in [-0.25, -0.2) is 0 Å². The maximum Gasteiger partial charge on any atom is 0.262 e. The monoisotopic (exact) mass is 360 g/mol. The van der Waals surface area contributed by atoms with Crippen molar-refractivity contribution in [2.75, 3.05) is 0 Å². The van der Waals surface area contributed by atoms with Gasteiger partial charge in [0, 0.05) is 10.9 Å². The topological polar surface area (TPSA) is 52.9 Å². The number of hydrogen-bond acceptors (Lipinski definition) is 3. The largest absolute Gasteiger partial charge is 0.349 e. The molecule has 3 nitrogen and oxygen atoms in total. The Labute approximate surface area is 157 Å². The number of nitrogens with zero attached hydrogens (tertiary/aromatic N) is 1. The number of carbonyl (C=O) groups excluding carboxylic acids is 1. The Balaban J connectivity index is 1.92. The van der Waals surface area contributed by atoms with Crippen molar-refractivity contribution in [3.05, 3.63) is 64.4 Å². The van der Waals surface area contributed by atoms with Crippen LogP contribution in [0.2, 0.25) is 0 Å². The van der Waals surface area contributed by atoms with Crippen molar-refractivity contribution in [1.29, 1.82) is 5.26 Å². The molecule has 0 saturated heterocycles. The lowest BCUT2D eigenvalue weighted by molar-refractivity contribution is -0.117. The molecule has 0 saturated carbocycles. The number of fused-ring (bicyclic) bond motifs is 1. The minimum atomic E-state index is -0.318. The molecule has 1 N–H and O–H groups in total. The van der Waals surface area contributed by atoms with Crippen molar-refractivity contribution in [2.24, 2.45) is 0 Å². The van der Waals surface area contributed by atoms with Gasteiger partial charge < -0.3 is 5.32 Å². The number of amides is 1. The Morgan fingerprint density at radius 1 is 1.27 bits per heavy atom. The van der Waals surface area contributed by atoms with Gasteiger partial charge in [0.1, 0.15) is 11.6 Å². The van der Waals surface area contributed by atoms with Crippen LogP contribution in [-0.2, 0) is 4.79 Å². The van der Waals surface area contributed by atoms with E-state index in [-0.39, 0.29) is 17.5 Å². The molecule has 26 heavy (non-hydrogen) atoms. The molecule has 0 radical (unpaired) electrons. The molecule has 0 aliphatic rings. The van der Waals surface area contributed by atoms with Crippen LogP contribution in [0.4, 0.5) is 0 Å². The van der Waals surface area contributed by atoms with E-state index >= 15 is 0 Å². The molecule has 2 aromatic carbocycles. The summed E-state index contributed by atoms with van der Waals surface area (Å²) in [6.45, 7) is 3.92. The third-order valence-electron chi connectivity index (χ3n) is 4.36. The summed E-state index contributed by atoms with van der Waals surface area (Å²) in [6, 6.07) is 18.6. The van der Waals surface area contributed by atoms with Crippen LogP contribution in [0.15, 0.2) is 59.5 Å². The summed E-state index contributed by atoms with van der Waals surface area (Å²) in [5, 5.41) is 16.6. The summed E-state index contributed by atoms with van der Waals surface area (Å²) in [5.41, 5.74) is 2.39. The molecule has 0 aliphatic heterocycles. The lowest BCUT2D eigenvalue weighted by Crippen LogP contribution is -2.32. The van der Waals surface area contributed by atoms with Gasteiger partial charge in [-0.1, -0.05) is 49.4 Å². The second kappa shape index (κ2) is 7.99. The third kappa shape index (κ3) is 3.84. The molecule has 1 heterocycles. The van der Waals surface area contributed by atoms with Crippen LogP contribution in [-0.4, -0.2) is 11.9 Å². The number of rotatable bonds is 5. The van der Waals surface area contributed by atoms with Gasteiger partial charge in [-0.2, -0.15) is 5.26 Å². The van der Waals surface area contributed by atoms with Crippen molar-refractivity contribution in [2.45, 2.75) is 26.3 Å². The Kier molecular flexibility index (Phi) is 5.50. The first-order chi connectivity index (χ1) is 12.6. The first-order valence-corrected chi connectivity index (χ1v) is 9.49. The van der Waals surface area contributed by atoms with Gasteiger partial charge in [0.2, 0.25) is 0 Å². The fourth-order valence-corrected chi connectivity index (χ4v) is 3.58. The normalized spacial score (nSPS) is 12.6. The highest BCUT2D eigenvalue weighted by Crippen LogP contribution is 2.32. The van der Waals surface area contributed by atoms with E-state index in [1.165, 1.54) is 22.1 Å². The van der Waals surface area contributed by atoms with Crippen molar-refractivity contribution in [3.8, 4) is 17.2 Å². The van der Waals surface area contributed by atoms with Gasteiger partial charge in [-0.05, 0) is 52.8 Å². The quantitative estimate of drug-likeness (QED) is 0.490. The molecule has 0 spiro atoms. The first-order valence-electron chi connectivity index (χ1n) is 8.61. The molecule has 1 amide bonds. The highest BCUT2D eigenvalue weighted by atomic mass is 32.1. The van der Waals surface area contributed by atoms with Crippen molar-refractivity contribution < 1.29 is 4.79 Å². The summed E-state index contributed by atoms with van der Waals surface area (Å²) < 4.78 is 0. The first kappa shape index (κ1) is 17.9. The van der Waals surface area contributed by atoms with Crippen molar-refractivity contribution >= 4 is 34.1 Å². The molecule has 1 unspecified atom stereocenters. The van der Waals surface area contributed by atoms with Crippen LogP contribution in [0.25, 0.3) is 28.0 Å². The number of benzene rings is 2. The van der Waals surface area contributed by atoms with Crippen LogP contribution in [0.5, 0.6) is 0 Å². The molecule has 0 fully saturated rings. The molecule has 0 bridgehead atoms. The zero-order valence-corrected chi connectivity index (χ0v) is 15.6. The number of carbonyl (C=O) groups is 1. The highest BCUT2D eigenvalue weighted by molar-refractivity contribution is 7.11.